The summed E-state index contributed by atoms with van der Waals surface area (Å²) in [4.78, 5) is 11.3. The molecule has 0 aliphatic carbocycles. The first kappa shape index (κ1) is 33.8. The van der Waals surface area contributed by atoms with Gasteiger partial charge < -0.3 is 9.16 Å². The van der Waals surface area contributed by atoms with E-state index in [1.54, 1.807) is 6.92 Å². The Morgan fingerprint density at radius 3 is 2.22 bits per heavy atom. The number of benzene rings is 1. The minimum absolute atomic E-state index is 0.0790. The number of hydrogen-bond acceptors (Lipinski definition) is 5. The van der Waals surface area contributed by atoms with Crippen molar-refractivity contribution < 1.29 is 22.4 Å². The zero-order valence-electron chi connectivity index (χ0n) is 24.5. The molecule has 1 rings (SSSR count). The molecule has 0 saturated carbocycles. The van der Waals surface area contributed by atoms with Gasteiger partial charge in [-0.3, -0.25) is 4.79 Å². The van der Waals surface area contributed by atoms with Crippen LogP contribution in [0.4, 0.5) is 0 Å². The number of nitrogens with one attached hydrogen (secondary N) is 1. The highest BCUT2D eigenvalue weighted by Gasteiger charge is 2.39. The maximum Gasteiger partial charge on any atom is 0.305 e. The fourth-order valence-corrected chi connectivity index (χ4v) is 6.26. The molecule has 0 aromatic heterocycles. The van der Waals surface area contributed by atoms with Crippen molar-refractivity contribution >= 4 is 24.3 Å². The number of sulfonamides is 1. The van der Waals surface area contributed by atoms with Crippen LogP contribution in [0.1, 0.15) is 110 Å². The van der Waals surface area contributed by atoms with E-state index in [0.717, 1.165) is 44.1 Å². The van der Waals surface area contributed by atoms with Gasteiger partial charge in [-0.2, -0.15) is 0 Å². The predicted molar refractivity (Wildman–Crippen MR) is 157 cm³/mol. The van der Waals surface area contributed by atoms with E-state index in [9.17, 15) is 13.2 Å². The normalized spacial score (nSPS) is 13.5. The fraction of sp³-hybridized carbons (Fsp3) is 0.759. The molecule has 1 atom stereocenters. The lowest BCUT2D eigenvalue weighted by Gasteiger charge is -2.39. The average molecular weight is 556 g/mol. The zero-order valence-corrected chi connectivity index (χ0v) is 26.3. The molecule has 0 spiro atoms. The first-order chi connectivity index (χ1) is 17.3. The smallest absolute Gasteiger partial charge is 0.305 e. The van der Waals surface area contributed by atoms with Crippen LogP contribution in [0, 0.1) is 0 Å². The number of carbonyl (C=O) groups excluding carboxylic acids is 1. The number of hydrogen-bond donors (Lipinski definition) is 1. The molecule has 1 aromatic carbocycles. The highest BCUT2D eigenvalue weighted by atomic mass is 32.2. The van der Waals surface area contributed by atoms with Gasteiger partial charge in [0.2, 0.25) is 10.0 Å². The first-order valence-corrected chi connectivity index (χ1v) is 18.8. The summed E-state index contributed by atoms with van der Waals surface area (Å²) >= 11 is 0. The minimum Gasteiger partial charge on any atom is -0.466 e. The molecular weight excluding hydrogens is 502 g/mol. The molecule has 1 N–H and O–H groups in total. The Hall–Kier alpha value is -1.22. The maximum atomic E-state index is 12.4. The lowest BCUT2D eigenvalue weighted by Crippen LogP contribution is -2.41. The van der Waals surface area contributed by atoms with Crippen molar-refractivity contribution in [2.45, 2.75) is 123 Å². The zero-order chi connectivity index (χ0) is 28.0. The van der Waals surface area contributed by atoms with Crippen LogP contribution in [0.5, 0.6) is 0 Å². The van der Waals surface area contributed by atoms with Crippen LogP contribution in [-0.2, 0) is 30.4 Å². The summed E-state index contributed by atoms with van der Waals surface area (Å²) in [7, 11) is -5.22. The maximum absolute atomic E-state index is 12.4. The molecule has 0 saturated heterocycles. The van der Waals surface area contributed by atoms with Crippen molar-refractivity contribution in [3.05, 3.63) is 35.4 Å². The van der Waals surface area contributed by atoms with E-state index in [1.807, 2.05) is 0 Å². The van der Waals surface area contributed by atoms with Crippen LogP contribution in [-0.4, -0.2) is 41.6 Å². The van der Waals surface area contributed by atoms with E-state index in [0.29, 0.717) is 26.0 Å². The quantitative estimate of drug-likeness (QED) is 0.110. The number of unbranched alkanes of at least 4 members (excludes halogenated alkanes) is 5. The van der Waals surface area contributed by atoms with Gasteiger partial charge >= 0.3 is 5.97 Å². The molecule has 214 valence electrons. The average Bonchev–Trinajstić information content (AvgIpc) is 2.81. The van der Waals surface area contributed by atoms with Crippen molar-refractivity contribution in [1.82, 2.24) is 4.72 Å². The summed E-state index contributed by atoms with van der Waals surface area (Å²) in [6.07, 6.45) is 8.88. The van der Waals surface area contributed by atoms with Crippen molar-refractivity contribution in [3.8, 4) is 0 Å². The SMILES string of the molecule is CCCCCC(O[Si](C)(C)C(C)(C)C)c1ccc(CCS(=O)(=O)NCCCCCCC(=O)OCC)cc1. The van der Waals surface area contributed by atoms with Gasteiger partial charge in [0.1, 0.15) is 0 Å². The number of rotatable bonds is 19. The lowest BCUT2D eigenvalue weighted by atomic mass is 10.0. The van der Waals surface area contributed by atoms with Gasteiger partial charge in [0.05, 0.1) is 18.5 Å². The Labute approximate surface area is 228 Å². The van der Waals surface area contributed by atoms with E-state index < -0.39 is 18.3 Å². The topological polar surface area (TPSA) is 81.7 Å². The van der Waals surface area contributed by atoms with Crippen molar-refractivity contribution in [2.75, 3.05) is 18.9 Å². The molecular formula is C29H53NO5SSi. The van der Waals surface area contributed by atoms with Crippen molar-refractivity contribution in [1.29, 1.82) is 0 Å². The molecule has 37 heavy (non-hydrogen) atoms. The van der Waals surface area contributed by atoms with Gasteiger partial charge in [-0.05, 0) is 61.9 Å². The minimum atomic E-state index is -3.32. The Morgan fingerprint density at radius 2 is 1.62 bits per heavy atom. The molecule has 8 heteroatoms. The molecule has 0 aliphatic heterocycles. The van der Waals surface area contributed by atoms with E-state index in [1.165, 1.54) is 18.4 Å². The van der Waals surface area contributed by atoms with Crippen LogP contribution >= 0.6 is 0 Å². The predicted octanol–water partition coefficient (Wildman–Crippen LogP) is 7.31. The summed E-state index contributed by atoms with van der Waals surface area (Å²) in [6.45, 7) is 16.3. The highest BCUT2D eigenvalue weighted by molar-refractivity contribution is 7.89. The third kappa shape index (κ3) is 13.9. The third-order valence-electron chi connectivity index (χ3n) is 7.26. The number of esters is 1. The summed E-state index contributed by atoms with van der Waals surface area (Å²) in [6, 6.07) is 8.34. The van der Waals surface area contributed by atoms with Gasteiger partial charge in [0.15, 0.2) is 8.32 Å². The van der Waals surface area contributed by atoms with Gasteiger partial charge in [-0.1, -0.05) is 84.1 Å². The van der Waals surface area contributed by atoms with Crippen LogP contribution in [0.2, 0.25) is 18.1 Å². The second-order valence-electron chi connectivity index (χ2n) is 11.5. The second kappa shape index (κ2) is 16.7. The van der Waals surface area contributed by atoms with Gasteiger partial charge in [-0.25, -0.2) is 13.1 Å². The lowest BCUT2D eigenvalue weighted by molar-refractivity contribution is -0.143. The third-order valence-corrected chi connectivity index (χ3v) is 13.1. The molecule has 0 amide bonds. The summed E-state index contributed by atoms with van der Waals surface area (Å²) < 4.78 is 39.3. The molecule has 0 bridgehead atoms. The van der Waals surface area contributed by atoms with Gasteiger partial charge in [0, 0.05) is 13.0 Å². The summed E-state index contributed by atoms with van der Waals surface area (Å²) in [5, 5.41) is 0.153. The largest absolute Gasteiger partial charge is 0.466 e. The molecule has 0 heterocycles. The van der Waals surface area contributed by atoms with E-state index >= 15 is 0 Å². The Balaban J connectivity index is 2.54. The van der Waals surface area contributed by atoms with Crippen LogP contribution in [0.25, 0.3) is 0 Å². The molecule has 0 fully saturated rings. The van der Waals surface area contributed by atoms with Crippen molar-refractivity contribution in [3.63, 3.8) is 0 Å². The molecule has 0 aliphatic rings. The van der Waals surface area contributed by atoms with E-state index in [4.69, 9.17) is 9.16 Å². The van der Waals surface area contributed by atoms with Crippen LogP contribution in [0.3, 0.4) is 0 Å². The van der Waals surface area contributed by atoms with Gasteiger partial charge in [-0.15, -0.1) is 0 Å². The number of aryl methyl sites for hydroxylation is 1. The summed E-state index contributed by atoms with van der Waals surface area (Å²) in [5.74, 6) is -0.0818. The molecule has 0 radical (unpaired) electrons. The Kier molecular flexibility index (Phi) is 15.2. The Morgan fingerprint density at radius 1 is 0.973 bits per heavy atom. The van der Waals surface area contributed by atoms with Crippen LogP contribution in [0.15, 0.2) is 24.3 Å². The standard InChI is InChI=1S/C29H53NO5SSi/c1-8-10-13-16-27(35-37(6,7)29(3,4)5)26-20-18-25(19-21-26)22-24-36(32,33)30-23-15-12-11-14-17-28(31)34-9-2/h18-21,27,30H,8-17,22-24H2,1-7H3. The van der Waals surface area contributed by atoms with Crippen LogP contribution < -0.4 is 4.72 Å². The Bertz CT molecular complexity index is 879. The monoisotopic (exact) mass is 555 g/mol. The summed E-state index contributed by atoms with van der Waals surface area (Å²) in [5.41, 5.74) is 2.21. The second-order valence-corrected chi connectivity index (χ2v) is 18.2. The molecule has 6 nitrogen and oxygen atoms in total. The van der Waals surface area contributed by atoms with Gasteiger partial charge in [0.25, 0.3) is 0 Å². The van der Waals surface area contributed by atoms with E-state index in [-0.39, 0.29) is 22.9 Å². The number of ether oxygens (including phenoxy) is 1. The number of carbonyl (C=O) groups is 1. The first-order valence-electron chi connectivity index (χ1n) is 14.2. The fourth-order valence-electron chi connectivity index (χ4n) is 3.84. The van der Waals surface area contributed by atoms with E-state index in [2.05, 4.69) is 69.8 Å². The highest BCUT2D eigenvalue weighted by Crippen LogP contribution is 2.41. The molecule has 1 unspecified atom stereocenters. The molecule has 1 aromatic rings. The van der Waals surface area contributed by atoms with Crippen molar-refractivity contribution in [2.24, 2.45) is 0 Å².